The number of fused-ring (bicyclic) bond motifs is 2. The number of aliphatic hydroxyl groups excluding tert-OH is 1. The molecule has 0 saturated carbocycles. The fraction of sp³-hybridized carbons (Fsp3) is 0.542. The largest absolute Gasteiger partial charge is 0.391 e. The fourth-order valence-electron chi connectivity index (χ4n) is 5.43. The summed E-state index contributed by atoms with van der Waals surface area (Å²) in [5.74, 6) is 0.109. The molecule has 1 aromatic heterocycles. The van der Waals surface area contributed by atoms with Gasteiger partial charge in [-0.05, 0) is 31.2 Å². The summed E-state index contributed by atoms with van der Waals surface area (Å²) in [6, 6.07) is 9.92. The predicted octanol–water partition coefficient (Wildman–Crippen LogP) is 3.30. The van der Waals surface area contributed by atoms with Crippen LogP contribution >= 0.6 is 0 Å². The maximum absolute atomic E-state index is 13.7. The van der Waals surface area contributed by atoms with Gasteiger partial charge in [0.05, 0.1) is 23.6 Å². The van der Waals surface area contributed by atoms with E-state index in [1.165, 1.54) is 11.1 Å². The molecule has 31 heavy (non-hydrogen) atoms. The Bertz CT molecular complexity index is 1030. The minimum atomic E-state index is -0.576. The van der Waals surface area contributed by atoms with Crippen LogP contribution in [-0.2, 0) is 21.7 Å². The highest BCUT2D eigenvalue weighted by atomic mass is 16.7. The number of likely N-dealkylation sites (tertiary alicyclic amines) is 1. The van der Waals surface area contributed by atoms with E-state index < -0.39 is 17.6 Å². The minimum absolute atomic E-state index is 0.0352. The lowest BCUT2D eigenvalue weighted by Crippen LogP contribution is -2.44. The van der Waals surface area contributed by atoms with Gasteiger partial charge in [0.15, 0.2) is 5.60 Å². The molecule has 3 aliphatic rings. The highest BCUT2D eigenvalue weighted by molar-refractivity contribution is 5.96. The normalized spacial score (nSPS) is 28.2. The molecule has 4 atom stereocenters. The van der Waals surface area contributed by atoms with Crippen LogP contribution in [0.5, 0.6) is 0 Å². The molecule has 1 saturated heterocycles. The molecule has 164 valence electrons. The van der Waals surface area contributed by atoms with Crippen molar-refractivity contribution in [3.63, 3.8) is 0 Å². The van der Waals surface area contributed by atoms with Crippen LogP contribution in [0.25, 0.3) is 0 Å². The van der Waals surface area contributed by atoms with E-state index in [9.17, 15) is 9.90 Å². The van der Waals surface area contributed by atoms with Crippen molar-refractivity contribution in [3.8, 4) is 0 Å². The van der Waals surface area contributed by atoms with E-state index in [1.54, 1.807) is 4.90 Å². The number of benzene rings is 1. The van der Waals surface area contributed by atoms with Gasteiger partial charge in [-0.1, -0.05) is 48.4 Å². The van der Waals surface area contributed by atoms with E-state index in [-0.39, 0.29) is 17.9 Å². The zero-order chi connectivity index (χ0) is 21.8. The first-order valence-corrected chi connectivity index (χ1v) is 11.1. The topological polar surface area (TPSA) is 88.2 Å². The molecule has 7 nitrogen and oxygen atoms in total. The summed E-state index contributed by atoms with van der Waals surface area (Å²) in [6.07, 6.45) is 2.41. The maximum Gasteiger partial charge on any atom is 0.234 e. The molecule has 1 N–H and O–H groups in total. The van der Waals surface area contributed by atoms with E-state index in [0.29, 0.717) is 25.1 Å². The molecule has 2 aromatic rings. The minimum Gasteiger partial charge on any atom is -0.391 e. The van der Waals surface area contributed by atoms with Crippen LogP contribution in [0.2, 0.25) is 0 Å². The molecular formula is C24H29N3O4. The van der Waals surface area contributed by atoms with Crippen LogP contribution in [0.4, 0.5) is 0 Å². The van der Waals surface area contributed by atoms with Crippen LogP contribution < -0.4 is 0 Å². The van der Waals surface area contributed by atoms with Crippen molar-refractivity contribution in [3.05, 3.63) is 52.9 Å². The molecule has 3 heterocycles. The number of aliphatic hydroxyl groups is 1. The number of nitrogens with zero attached hydrogens (tertiary/aromatic N) is 3. The Balaban J connectivity index is 1.40. The molecular weight excluding hydrogens is 394 g/mol. The highest BCUT2D eigenvalue weighted by Gasteiger charge is 2.50. The Morgan fingerprint density at radius 3 is 2.87 bits per heavy atom. The maximum atomic E-state index is 13.7. The first kappa shape index (κ1) is 20.2. The number of aryl methyl sites for hydroxylation is 2. The van der Waals surface area contributed by atoms with Crippen molar-refractivity contribution < 1.29 is 19.3 Å². The molecule has 1 amide bonds. The van der Waals surface area contributed by atoms with Gasteiger partial charge < -0.3 is 19.4 Å². The third-order valence-corrected chi connectivity index (χ3v) is 6.94. The summed E-state index contributed by atoms with van der Waals surface area (Å²) in [6.45, 7) is 6.15. The van der Waals surface area contributed by atoms with E-state index in [4.69, 9.17) is 9.36 Å². The molecule has 7 heteroatoms. The standard InChI is InChI=1S/C24H29N3O4/c1-14(2)22(21-10-15(3)25-30-21)23(29)27-13-17(28)11-20(27)19-12-24(31-26-19)9-8-16-6-4-5-7-18(16)24/h4-7,10,14,17,20,22,28H,8-9,11-13H2,1-3H3. The average molecular weight is 424 g/mol. The summed E-state index contributed by atoms with van der Waals surface area (Å²) in [4.78, 5) is 21.5. The third kappa shape index (κ3) is 3.35. The van der Waals surface area contributed by atoms with Gasteiger partial charge in [-0.2, -0.15) is 0 Å². The number of β-amino-alcohol motifs (C(OH)–C–C–N with tert-alkyl or cyclic N) is 1. The van der Waals surface area contributed by atoms with Crippen LogP contribution in [0, 0.1) is 12.8 Å². The van der Waals surface area contributed by atoms with Gasteiger partial charge >= 0.3 is 0 Å². The molecule has 0 bridgehead atoms. The summed E-state index contributed by atoms with van der Waals surface area (Å²) in [5, 5.41) is 18.9. The lowest BCUT2D eigenvalue weighted by atomic mass is 9.87. The number of hydrogen-bond acceptors (Lipinski definition) is 6. The van der Waals surface area contributed by atoms with Crippen molar-refractivity contribution in [1.82, 2.24) is 10.1 Å². The summed E-state index contributed by atoms with van der Waals surface area (Å²) >= 11 is 0. The summed E-state index contributed by atoms with van der Waals surface area (Å²) in [5.41, 5.74) is 3.66. The number of amides is 1. The van der Waals surface area contributed by atoms with Gasteiger partial charge in [0, 0.05) is 31.0 Å². The molecule has 1 aromatic carbocycles. The predicted molar refractivity (Wildman–Crippen MR) is 115 cm³/mol. The third-order valence-electron chi connectivity index (χ3n) is 6.94. The number of carbonyl (C=O) groups excluding carboxylic acids is 1. The number of hydrogen-bond donors (Lipinski definition) is 1. The second kappa shape index (κ2) is 7.48. The number of oxime groups is 1. The van der Waals surface area contributed by atoms with Crippen LogP contribution in [-0.4, -0.2) is 45.5 Å². The molecule has 4 unspecified atom stereocenters. The van der Waals surface area contributed by atoms with Gasteiger partial charge in [0.1, 0.15) is 11.7 Å². The average Bonchev–Trinajstić information content (AvgIpc) is 3.51. The molecule has 2 aliphatic heterocycles. The summed E-state index contributed by atoms with van der Waals surface area (Å²) in [7, 11) is 0. The SMILES string of the molecule is Cc1cc(C(C(=O)N2CC(O)CC2C2=NOC3(CCc4ccccc43)C2)C(C)C)on1. The smallest absolute Gasteiger partial charge is 0.234 e. The molecule has 5 rings (SSSR count). The van der Waals surface area contributed by atoms with Crippen LogP contribution in [0.15, 0.2) is 40.0 Å². The first-order valence-electron chi connectivity index (χ1n) is 11.1. The van der Waals surface area contributed by atoms with Crippen molar-refractivity contribution >= 4 is 11.6 Å². The lowest BCUT2D eigenvalue weighted by molar-refractivity contribution is -0.134. The van der Waals surface area contributed by atoms with Gasteiger partial charge in [-0.3, -0.25) is 4.79 Å². The monoisotopic (exact) mass is 423 g/mol. The number of carbonyl (C=O) groups is 1. The molecule has 1 fully saturated rings. The zero-order valence-corrected chi connectivity index (χ0v) is 18.2. The van der Waals surface area contributed by atoms with Crippen molar-refractivity contribution in [2.45, 2.75) is 70.1 Å². The molecule has 1 aliphatic carbocycles. The Labute approximate surface area is 182 Å². The van der Waals surface area contributed by atoms with Gasteiger partial charge in [-0.25, -0.2) is 0 Å². The Hall–Kier alpha value is -2.67. The van der Waals surface area contributed by atoms with Gasteiger partial charge in [-0.15, -0.1) is 0 Å². The highest BCUT2D eigenvalue weighted by Crippen LogP contribution is 2.47. The Morgan fingerprint density at radius 2 is 2.13 bits per heavy atom. The van der Waals surface area contributed by atoms with E-state index in [2.05, 4.69) is 28.5 Å². The Morgan fingerprint density at radius 1 is 1.32 bits per heavy atom. The van der Waals surface area contributed by atoms with E-state index in [0.717, 1.165) is 24.2 Å². The number of aromatic nitrogens is 1. The first-order chi connectivity index (χ1) is 14.9. The van der Waals surface area contributed by atoms with Crippen molar-refractivity contribution in [2.75, 3.05) is 6.54 Å². The zero-order valence-electron chi connectivity index (χ0n) is 18.2. The molecule has 1 spiro atoms. The lowest BCUT2D eigenvalue weighted by Gasteiger charge is -2.29. The second-order valence-electron chi connectivity index (χ2n) is 9.49. The Kier molecular flexibility index (Phi) is 4.88. The van der Waals surface area contributed by atoms with Gasteiger partial charge in [0.25, 0.3) is 0 Å². The van der Waals surface area contributed by atoms with Crippen molar-refractivity contribution in [1.29, 1.82) is 0 Å². The van der Waals surface area contributed by atoms with Crippen LogP contribution in [0.1, 0.15) is 61.6 Å². The summed E-state index contributed by atoms with van der Waals surface area (Å²) < 4.78 is 5.46. The van der Waals surface area contributed by atoms with E-state index >= 15 is 0 Å². The van der Waals surface area contributed by atoms with Crippen LogP contribution in [0.3, 0.4) is 0 Å². The van der Waals surface area contributed by atoms with Gasteiger partial charge in [0.2, 0.25) is 5.91 Å². The molecule has 0 radical (unpaired) electrons. The fourth-order valence-corrected chi connectivity index (χ4v) is 5.43. The van der Waals surface area contributed by atoms with Crippen molar-refractivity contribution in [2.24, 2.45) is 11.1 Å². The quantitative estimate of drug-likeness (QED) is 0.815. The van der Waals surface area contributed by atoms with E-state index in [1.807, 2.05) is 32.9 Å². The number of rotatable bonds is 4. The second-order valence-corrected chi connectivity index (χ2v) is 9.49.